The molecule has 35 heavy (non-hydrogen) atoms. The molecule has 1 aliphatic rings. The number of aromatic nitrogens is 1. The fourth-order valence-corrected chi connectivity index (χ4v) is 4.70. The standard InChI is InChI=1S/C28H34N2O5/c1-4-28(26(31)33-5-2)14-16-30(17-15-28)27(32)34-18-8-11-24-20(3)35-25(29-24)23-13-12-21-9-6-7-10-22(21)19-23/h6-7,9-10,12-13,19H,4-5,8,11,14-18H2,1-3H3. The minimum atomic E-state index is -0.486. The summed E-state index contributed by atoms with van der Waals surface area (Å²) >= 11 is 0. The highest BCUT2D eigenvalue weighted by Crippen LogP contribution is 2.36. The van der Waals surface area contributed by atoms with Crippen LogP contribution in [0, 0.1) is 12.3 Å². The first-order chi connectivity index (χ1) is 17.0. The van der Waals surface area contributed by atoms with Crippen LogP contribution in [0.1, 0.15) is 51.0 Å². The maximum Gasteiger partial charge on any atom is 0.409 e. The number of carbonyl (C=O) groups excluding carboxylic acids is 2. The Kier molecular flexibility index (Phi) is 7.73. The van der Waals surface area contributed by atoms with E-state index < -0.39 is 5.41 Å². The van der Waals surface area contributed by atoms with Crippen molar-refractivity contribution < 1.29 is 23.5 Å². The van der Waals surface area contributed by atoms with E-state index in [1.807, 2.05) is 39.0 Å². The lowest BCUT2D eigenvalue weighted by atomic mass is 9.76. The van der Waals surface area contributed by atoms with Gasteiger partial charge in [0, 0.05) is 18.7 Å². The van der Waals surface area contributed by atoms with Crippen molar-refractivity contribution in [1.82, 2.24) is 9.88 Å². The normalized spacial score (nSPS) is 15.2. The number of piperidine rings is 1. The molecule has 7 heteroatoms. The fraction of sp³-hybridized carbons (Fsp3) is 0.464. The lowest BCUT2D eigenvalue weighted by molar-refractivity contribution is -0.158. The molecule has 0 aliphatic carbocycles. The molecule has 0 spiro atoms. The number of hydrogen-bond acceptors (Lipinski definition) is 6. The molecule has 2 aromatic carbocycles. The van der Waals surface area contributed by atoms with Crippen molar-refractivity contribution in [1.29, 1.82) is 0 Å². The largest absolute Gasteiger partial charge is 0.466 e. The first kappa shape index (κ1) is 24.8. The Labute approximate surface area is 206 Å². The summed E-state index contributed by atoms with van der Waals surface area (Å²) in [6.45, 7) is 7.42. The van der Waals surface area contributed by atoms with Crippen LogP contribution in [0.25, 0.3) is 22.2 Å². The van der Waals surface area contributed by atoms with Crippen LogP contribution in [0.2, 0.25) is 0 Å². The number of carbonyl (C=O) groups is 2. The first-order valence-corrected chi connectivity index (χ1v) is 12.5. The minimum absolute atomic E-state index is 0.151. The smallest absolute Gasteiger partial charge is 0.409 e. The number of benzene rings is 2. The van der Waals surface area contributed by atoms with Gasteiger partial charge in [-0.3, -0.25) is 4.79 Å². The number of oxazole rings is 1. The number of likely N-dealkylation sites (tertiary alicyclic amines) is 1. The molecule has 0 bridgehead atoms. The summed E-state index contributed by atoms with van der Waals surface area (Å²) in [5.74, 6) is 1.24. The van der Waals surface area contributed by atoms with Gasteiger partial charge in [0.25, 0.3) is 0 Å². The highest BCUT2D eigenvalue weighted by Gasteiger charge is 2.42. The van der Waals surface area contributed by atoms with Crippen LogP contribution in [0.4, 0.5) is 4.79 Å². The number of nitrogens with zero attached hydrogens (tertiary/aromatic N) is 2. The molecule has 0 unspecified atom stereocenters. The van der Waals surface area contributed by atoms with E-state index in [0.717, 1.165) is 22.4 Å². The topological polar surface area (TPSA) is 81.9 Å². The lowest BCUT2D eigenvalue weighted by Crippen LogP contribution is -2.47. The molecule has 0 radical (unpaired) electrons. The maximum atomic E-state index is 12.5. The Hall–Kier alpha value is -3.35. The highest BCUT2D eigenvalue weighted by molar-refractivity contribution is 5.86. The van der Waals surface area contributed by atoms with Crippen molar-refractivity contribution in [2.75, 3.05) is 26.3 Å². The van der Waals surface area contributed by atoms with Gasteiger partial charge < -0.3 is 18.8 Å². The molecule has 0 saturated carbocycles. The molecule has 1 saturated heterocycles. The summed E-state index contributed by atoms with van der Waals surface area (Å²) in [7, 11) is 0. The van der Waals surface area contributed by atoms with E-state index >= 15 is 0 Å². The van der Waals surface area contributed by atoms with Gasteiger partial charge in [-0.25, -0.2) is 9.78 Å². The summed E-state index contributed by atoms with van der Waals surface area (Å²) in [4.78, 5) is 31.3. The zero-order valence-electron chi connectivity index (χ0n) is 20.8. The lowest BCUT2D eigenvalue weighted by Gasteiger charge is -2.38. The Morgan fingerprint density at radius 3 is 2.51 bits per heavy atom. The Morgan fingerprint density at radius 2 is 1.80 bits per heavy atom. The molecule has 3 aromatic rings. The first-order valence-electron chi connectivity index (χ1n) is 12.5. The molecular weight excluding hydrogens is 444 g/mol. The van der Waals surface area contributed by atoms with Crippen LogP contribution in [0.3, 0.4) is 0 Å². The second-order valence-corrected chi connectivity index (χ2v) is 9.14. The van der Waals surface area contributed by atoms with Crippen LogP contribution in [0.5, 0.6) is 0 Å². The van der Waals surface area contributed by atoms with Crippen molar-refractivity contribution in [3.8, 4) is 11.5 Å². The van der Waals surface area contributed by atoms with Gasteiger partial charge in [-0.05, 0) is 68.9 Å². The Bertz CT molecular complexity index is 1180. The molecule has 0 N–H and O–H groups in total. The molecule has 4 rings (SSSR count). The van der Waals surface area contributed by atoms with E-state index in [0.29, 0.717) is 64.3 Å². The van der Waals surface area contributed by atoms with Crippen molar-refractivity contribution >= 4 is 22.8 Å². The monoisotopic (exact) mass is 478 g/mol. The average molecular weight is 479 g/mol. The number of hydrogen-bond donors (Lipinski definition) is 0. The third kappa shape index (κ3) is 5.50. The van der Waals surface area contributed by atoms with Crippen molar-refractivity contribution in [2.24, 2.45) is 5.41 Å². The molecule has 7 nitrogen and oxygen atoms in total. The Balaban J connectivity index is 1.26. The quantitative estimate of drug-likeness (QED) is 0.295. The van der Waals surface area contributed by atoms with E-state index in [9.17, 15) is 9.59 Å². The molecule has 1 fully saturated rings. The summed E-state index contributed by atoms with van der Waals surface area (Å²) < 4.78 is 16.7. The number of rotatable bonds is 8. The summed E-state index contributed by atoms with van der Waals surface area (Å²) in [5, 5.41) is 2.32. The Morgan fingerprint density at radius 1 is 1.06 bits per heavy atom. The average Bonchev–Trinajstić information content (AvgIpc) is 3.26. The van der Waals surface area contributed by atoms with Crippen molar-refractivity contribution in [3.05, 3.63) is 53.9 Å². The predicted molar refractivity (Wildman–Crippen MR) is 134 cm³/mol. The maximum absolute atomic E-state index is 12.5. The van der Waals surface area contributed by atoms with E-state index in [1.165, 1.54) is 5.39 Å². The zero-order chi connectivity index (χ0) is 24.8. The second kappa shape index (κ2) is 10.9. The number of aryl methyl sites for hydroxylation is 2. The highest BCUT2D eigenvalue weighted by atomic mass is 16.6. The zero-order valence-corrected chi connectivity index (χ0v) is 20.8. The third-order valence-corrected chi connectivity index (χ3v) is 7.04. The third-order valence-electron chi connectivity index (χ3n) is 7.04. The molecule has 1 aliphatic heterocycles. The predicted octanol–water partition coefficient (Wildman–Crippen LogP) is 5.93. The van der Waals surface area contributed by atoms with Crippen LogP contribution in [-0.4, -0.2) is 48.2 Å². The SMILES string of the molecule is CCOC(=O)C1(CC)CCN(C(=O)OCCCc2nc(-c3ccc4ccccc4c3)oc2C)CC1. The number of amides is 1. The van der Waals surface area contributed by atoms with E-state index in [4.69, 9.17) is 13.9 Å². The van der Waals surface area contributed by atoms with Gasteiger partial charge in [0.1, 0.15) is 5.76 Å². The van der Waals surface area contributed by atoms with Crippen molar-refractivity contribution in [2.45, 2.75) is 52.9 Å². The van der Waals surface area contributed by atoms with Crippen LogP contribution >= 0.6 is 0 Å². The van der Waals surface area contributed by atoms with Gasteiger partial charge in [-0.15, -0.1) is 0 Å². The molecular formula is C28H34N2O5. The van der Waals surface area contributed by atoms with Crippen LogP contribution < -0.4 is 0 Å². The van der Waals surface area contributed by atoms with Gasteiger partial charge in [0.15, 0.2) is 0 Å². The van der Waals surface area contributed by atoms with Crippen molar-refractivity contribution in [3.63, 3.8) is 0 Å². The minimum Gasteiger partial charge on any atom is -0.466 e. The van der Waals surface area contributed by atoms with Gasteiger partial charge in [-0.1, -0.05) is 37.3 Å². The fourth-order valence-electron chi connectivity index (χ4n) is 4.70. The number of esters is 1. The van der Waals surface area contributed by atoms with Gasteiger partial charge in [0.05, 0.1) is 24.3 Å². The van der Waals surface area contributed by atoms with Crippen LogP contribution in [0.15, 0.2) is 46.9 Å². The molecule has 0 atom stereocenters. The van der Waals surface area contributed by atoms with Gasteiger partial charge >= 0.3 is 12.1 Å². The second-order valence-electron chi connectivity index (χ2n) is 9.14. The molecule has 186 valence electrons. The number of fused-ring (bicyclic) bond motifs is 1. The molecule has 1 aromatic heterocycles. The van der Waals surface area contributed by atoms with E-state index in [1.54, 1.807) is 4.90 Å². The van der Waals surface area contributed by atoms with Crippen LogP contribution in [-0.2, 0) is 20.7 Å². The summed E-state index contributed by atoms with van der Waals surface area (Å²) in [6.07, 6.45) is 2.92. The van der Waals surface area contributed by atoms with Gasteiger partial charge in [-0.2, -0.15) is 0 Å². The van der Waals surface area contributed by atoms with E-state index in [2.05, 4.69) is 29.2 Å². The summed E-state index contributed by atoms with van der Waals surface area (Å²) in [6, 6.07) is 14.4. The summed E-state index contributed by atoms with van der Waals surface area (Å²) in [5.41, 5.74) is 1.34. The van der Waals surface area contributed by atoms with Gasteiger partial charge in [0.2, 0.25) is 5.89 Å². The van der Waals surface area contributed by atoms with E-state index in [-0.39, 0.29) is 12.1 Å². The molecule has 2 heterocycles. The number of ether oxygens (including phenoxy) is 2. The molecule has 1 amide bonds.